The summed E-state index contributed by atoms with van der Waals surface area (Å²) in [6.07, 6.45) is 0. The summed E-state index contributed by atoms with van der Waals surface area (Å²) < 4.78 is 10.7. The normalized spacial score (nSPS) is 18.1. The predicted octanol–water partition coefficient (Wildman–Crippen LogP) is 3.07. The largest absolute Gasteiger partial charge is 0.454 e. The second-order valence-corrected chi connectivity index (χ2v) is 8.43. The number of hydrogen-bond acceptors (Lipinski definition) is 6. The van der Waals surface area contributed by atoms with Crippen molar-refractivity contribution in [2.75, 3.05) is 24.0 Å². The zero-order valence-corrected chi connectivity index (χ0v) is 19.2. The van der Waals surface area contributed by atoms with Crippen LogP contribution in [-0.4, -0.2) is 42.0 Å². The number of ether oxygens (including phenoxy) is 2. The van der Waals surface area contributed by atoms with Crippen LogP contribution in [0.25, 0.3) is 0 Å². The number of imide groups is 1. The molecule has 0 radical (unpaired) electrons. The molecule has 5 rings (SSSR count). The minimum absolute atomic E-state index is 0.0763. The molecule has 0 spiro atoms. The molecule has 0 aromatic heterocycles. The Labute approximate surface area is 206 Å². The summed E-state index contributed by atoms with van der Waals surface area (Å²) in [6, 6.07) is 19.6. The molecule has 2 aliphatic rings. The summed E-state index contributed by atoms with van der Waals surface area (Å²) in [5, 5.41) is 8.06. The SMILES string of the molecule is CC1(c2ccc3c(c2)OCO3)NC(=O)N(CC(=O)Nc2ccccc2C(=O)Nc2ccccc2)C1=O. The van der Waals surface area contributed by atoms with Crippen molar-refractivity contribution in [1.82, 2.24) is 10.2 Å². The number of hydrogen-bond donors (Lipinski definition) is 3. The number of benzene rings is 3. The highest BCUT2D eigenvalue weighted by atomic mass is 16.7. The minimum Gasteiger partial charge on any atom is -0.454 e. The molecule has 3 N–H and O–H groups in total. The van der Waals surface area contributed by atoms with Gasteiger partial charge in [0.25, 0.3) is 11.8 Å². The van der Waals surface area contributed by atoms with Gasteiger partial charge in [0, 0.05) is 5.69 Å². The van der Waals surface area contributed by atoms with E-state index in [-0.39, 0.29) is 18.0 Å². The molecule has 10 nitrogen and oxygen atoms in total. The standard InChI is InChI=1S/C26H22N4O6/c1-26(16-11-12-20-21(13-16)36-15-35-20)24(33)30(25(34)29-26)14-22(31)28-19-10-6-5-9-18(19)23(32)27-17-7-3-2-4-8-17/h2-13H,14-15H2,1H3,(H,27,32)(H,28,31)(H,29,34). The van der Waals surface area contributed by atoms with Gasteiger partial charge in [-0.1, -0.05) is 36.4 Å². The molecule has 1 unspecified atom stereocenters. The summed E-state index contributed by atoms with van der Waals surface area (Å²) in [4.78, 5) is 52.4. The van der Waals surface area contributed by atoms with E-state index in [9.17, 15) is 19.2 Å². The van der Waals surface area contributed by atoms with Crippen LogP contribution >= 0.6 is 0 Å². The summed E-state index contributed by atoms with van der Waals surface area (Å²) in [5.41, 5.74) is 0.201. The molecule has 0 aliphatic carbocycles. The number of anilines is 2. The van der Waals surface area contributed by atoms with E-state index in [0.29, 0.717) is 22.7 Å². The third kappa shape index (κ3) is 4.20. The van der Waals surface area contributed by atoms with Gasteiger partial charge in [-0.15, -0.1) is 0 Å². The second kappa shape index (κ2) is 9.06. The summed E-state index contributed by atoms with van der Waals surface area (Å²) in [7, 11) is 0. The topological polar surface area (TPSA) is 126 Å². The van der Waals surface area contributed by atoms with E-state index >= 15 is 0 Å². The Morgan fingerprint density at radius 2 is 1.67 bits per heavy atom. The number of rotatable bonds is 6. The van der Waals surface area contributed by atoms with E-state index in [4.69, 9.17) is 9.47 Å². The lowest BCUT2D eigenvalue weighted by atomic mass is 9.91. The quantitative estimate of drug-likeness (QED) is 0.460. The maximum atomic E-state index is 13.2. The van der Waals surface area contributed by atoms with E-state index in [1.807, 2.05) is 6.07 Å². The highest BCUT2D eigenvalue weighted by molar-refractivity contribution is 6.12. The van der Waals surface area contributed by atoms with Crippen molar-refractivity contribution in [3.05, 3.63) is 83.9 Å². The van der Waals surface area contributed by atoms with Gasteiger partial charge in [-0.25, -0.2) is 4.79 Å². The molecule has 1 atom stereocenters. The fraction of sp³-hybridized carbons (Fsp3) is 0.154. The van der Waals surface area contributed by atoms with Crippen molar-refractivity contribution in [3.63, 3.8) is 0 Å². The molecule has 0 bridgehead atoms. The molecule has 2 aliphatic heterocycles. The monoisotopic (exact) mass is 486 g/mol. The van der Waals surface area contributed by atoms with Crippen LogP contribution in [0.3, 0.4) is 0 Å². The molecule has 3 aromatic rings. The van der Waals surface area contributed by atoms with Crippen molar-refractivity contribution < 1.29 is 28.7 Å². The number of carbonyl (C=O) groups is 4. The first-order valence-electron chi connectivity index (χ1n) is 11.1. The van der Waals surface area contributed by atoms with Gasteiger partial charge in [0.05, 0.1) is 11.3 Å². The Morgan fingerprint density at radius 1 is 0.944 bits per heavy atom. The summed E-state index contributed by atoms with van der Waals surface area (Å²) in [6.45, 7) is 1.11. The number of nitrogens with zero attached hydrogens (tertiary/aromatic N) is 1. The zero-order chi connectivity index (χ0) is 25.3. The predicted molar refractivity (Wildman–Crippen MR) is 130 cm³/mol. The highest BCUT2D eigenvalue weighted by Gasteiger charge is 2.50. The van der Waals surface area contributed by atoms with Crippen LogP contribution in [0.15, 0.2) is 72.8 Å². The maximum absolute atomic E-state index is 13.2. The van der Waals surface area contributed by atoms with E-state index in [0.717, 1.165) is 4.90 Å². The summed E-state index contributed by atoms with van der Waals surface area (Å²) in [5.74, 6) is -0.616. The molecule has 182 valence electrons. The van der Waals surface area contributed by atoms with Crippen molar-refractivity contribution >= 4 is 35.1 Å². The molecule has 0 saturated carbocycles. The number of carbonyl (C=O) groups excluding carboxylic acids is 4. The third-order valence-corrected chi connectivity index (χ3v) is 6.00. The Hall–Kier alpha value is -4.86. The average molecular weight is 486 g/mol. The smallest absolute Gasteiger partial charge is 0.325 e. The Balaban J connectivity index is 1.29. The Kier molecular flexibility index (Phi) is 5.77. The van der Waals surface area contributed by atoms with Crippen LogP contribution in [-0.2, 0) is 15.1 Å². The van der Waals surface area contributed by atoms with Gasteiger partial charge in [-0.2, -0.15) is 0 Å². The van der Waals surface area contributed by atoms with E-state index in [2.05, 4.69) is 16.0 Å². The lowest BCUT2D eigenvalue weighted by Crippen LogP contribution is -2.42. The van der Waals surface area contributed by atoms with Crippen molar-refractivity contribution in [2.45, 2.75) is 12.5 Å². The molecule has 2 heterocycles. The average Bonchev–Trinajstić information content (AvgIpc) is 3.43. The fourth-order valence-electron chi connectivity index (χ4n) is 4.09. The van der Waals surface area contributed by atoms with Crippen molar-refractivity contribution in [1.29, 1.82) is 0 Å². The highest BCUT2D eigenvalue weighted by Crippen LogP contribution is 2.37. The first-order chi connectivity index (χ1) is 17.3. The van der Waals surface area contributed by atoms with Crippen LogP contribution < -0.4 is 25.4 Å². The van der Waals surface area contributed by atoms with E-state index < -0.39 is 35.8 Å². The lowest BCUT2D eigenvalue weighted by molar-refractivity contribution is -0.133. The van der Waals surface area contributed by atoms with Crippen LogP contribution in [0.5, 0.6) is 11.5 Å². The Morgan fingerprint density at radius 3 is 2.47 bits per heavy atom. The van der Waals surface area contributed by atoms with Crippen LogP contribution in [0.4, 0.5) is 16.2 Å². The third-order valence-electron chi connectivity index (χ3n) is 6.00. The number of para-hydroxylation sites is 2. The Bertz CT molecular complexity index is 1380. The van der Waals surface area contributed by atoms with Gasteiger partial charge in [0.1, 0.15) is 12.1 Å². The van der Waals surface area contributed by atoms with E-state index in [1.165, 1.54) is 0 Å². The number of urea groups is 1. The number of fused-ring (bicyclic) bond motifs is 1. The molecular formula is C26H22N4O6. The minimum atomic E-state index is -1.38. The molecule has 1 fully saturated rings. The van der Waals surface area contributed by atoms with Gasteiger partial charge in [-0.05, 0) is 48.9 Å². The summed E-state index contributed by atoms with van der Waals surface area (Å²) >= 11 is 0. The van der Waals surface area contributed by atoms with E-state index in [1.54, 1.807) is 73.7 Å². The molecule has 5 amide bonds. The van der Waals surface area contributed by atoms with Gasteiger partial charge in [-0.3, -0.25) is 19.3 Å². The molecule has 36 heavy (non-hydrogen) atoms. The van der Waals surface area contributed by atoms with Crippen molar-refractivity contribution in [2.24, 2.45) is 0 Å². The fourth-order valence-corrected chi connectivity index (χ4v) is 4.09. The van der Waals surface area contributed by atoms with Gasteiger partial charge in [0.15, 0.2) is 11.5 Å². The van der Waals surface area contributed by atoms with Crippen molar-refractivity contribution in [3.8, 4) is 11.5 Å². The first-order valence-corrected chi connectivity index (χ1v) is 11.1. The molecule has 1 saturated heterocycles. The second-order valence-electron chi connectivity index (χ2n) is 8.43. The first kappa shape index (κ1) is 22.9. The van der Waals surface area contributed by atoms with Gasteiger partial charge in [0.2, 0.25) is 12.7 Å². The zero-order valence-electron chi connectivity index (χ0n) is 19.2. The van der Waals surface area contributed by atoms with Crippen LogP contribution in [0, 0.1) is 0 Å². The maximum Gasteiger partial charge on any atom is 0.325 e. The number of amides is 5. The molecular weight excluding hydrogens is 464 g/mol. The lowest BCUT2D eigenvalue weighted by Gasteiger charge is -2.22. The number of nitrogens with one attached hydrogen (secondary N) is 3. The van der Waals surface area contributed by atoms with Gasteiger partial charge < -0.3 is 25.4 Å². The molecule has 3 aromatic carbocycles. The van der Waals surface area contributed by atoms with Gasteiger partial charge >= 0.3 is 6.03 Å². The molecule has 10 heteroatoms. The van der Waals surface area contributed by atoms with Crippen LogP contribution in [0.2, 0.25) is 0 Å². The van der Waals surface area contributed by atoms with Crippen LogP contribution in [0.1, 0.15) is 22.8 Å².